The Bertz CT molecular complexity index is 1560. The second-order valence-electron chi connectivity index (χ2n) is 8.32. The van der Waals surface area contributed by atoms with E-state index >= 15 is 0 Å². The third-order valence-corrected chi connectivity index (χ3v) is 7.46. The zero-order valence-electron chi connectivity index (χ0n) is 19.1. The monoisotopic (exact) mass is 523 g/mol. The number of fused-ring (bicyclic) bond motifs is 1. The minimum absolute atomic E-state index is 0.0195. The van der Waals surface area contributed by atoms with E-state index in [2.05, 4.69) is 4.98 Å². The lowest BCUT2D eigenvalue weighted by molar-refractivity contribution is -0.137. The van der Waals surface area contributed by atoms with Crippen LogP contribution in [0.15, 0.2) is 54.7 Å². The number of carbonyl (C=O) groups excluding carboxylic acids is 1. The molecule has 0 aliphatic rings. The number of halogens is 3. The summed E-state index contributed by atoms with van der Waals surface area (Å²) in [5.41, 5.74) is -2.32. The predicted molar refractivity (Wildman–Crippen MR) is 126 cm³/mol. The van der Waals surface area contributed by atoms with Crippen LogP contribution < -0.4 is 11.2 Å². The normalized spacial score (nSPS) is 12.1. The molecule has 12 heteroatoms. The van der Waals surface area contributed by atoms with E-state index in [0.717, 1.165) is 39.8 Å². The van der Waals surface area contributed by atoms with Gasteiger partial charge in [0.05, 0.1) is 26.4 Å². The van der Waals surface area contributed by atoms with E-state index in [9.17, 15) is 27.6 Å². The van der Waals surface area contributed by atoms with Crippen molar-refractivity contribution in [2.24, 2.45) is 13.0 Å². The Hall–Kier alpha value is -3.12. The van der Waals surface area contributed by atoms with Gasteiger partial charge < -0.3 is 4.42 Å². The van der Waals surface area contributed by atoms with Crippen molar-refractivity contribution in [1.29, 1.82) is 0 Å². The number of hydrogen-bond acceptors (Lipinski definition) is 7. The fraction of sp³-hybridized carbons (Fsp3) is 0.304. The van der Waals surface area contributed by atoms with Gasteiger partial charge in [0.2, 0.25) is 5.78 Å². The SMILES string of the molecule is Cc1coc(Sc2c(C(=O)c3ccccc3C(F)(F)F)sc3c2c(=O)n(C)c(=O)n3CC(C)C)n1. The van der Waals surface area contributed by atoms with Crippen molar-refractivity contribution in [2.75, 3.05) is 0 Å². The van der Waals surface area contributed by atoms with E-state index in [1.807, 2.05) is 13.8 Å². The highest BCUT2D eigenvalue weighted by Crippen LogP contribution is 2.42. The van der Waals surface area contributed by atoms with Crippen molar-refractivity contribution in [2.45, 2.75) is 43.6 Å². The highest BCUT2D eigenvalue weighted by Gasteiger charge is 2.36. The number of ketones is 1. The summed E-state index contributed by atoms with van der Waals surface area (Å²) in [4.78, 5) is 44.1. The molecule has 7 nitrogen and oxygen atoms in total. The topological polar surface area (TPSA) is 87.1 Å². The molecule has 0 bridgehead atoms. The van der Waals surface area contributed by atoms with E-state index in [1.54, 1.807) is 6.92 Å². The molecule has 0 aliphatic heterocycles. The number of hydrogen-bond donors (Lipinski definition) is 0. The van der Waals surface area contributed by atoms with E-state index in [4.69, 9.17) is 4.42 Å². The van der Waals surface area contributed by atoms with Gasteiger partial charge in [0.1, 0.15) is 11.1 Å². The summed E-state index contributed by atoms with van der Waals surface area (Å²) in [5.74, 6) is -0.887. The van der Waals surface area contributed by atoms with Gasteiger partial charge in [0.25, 0.3) is 10.8 Å². The largest absolute Gasteiger partial charge is 0.439 e. The minimum Gasteiger partial charge on any atom is -0.439 e. The summed E-state index contributed by atoms with van der Waals surface area (Å²) in [6.07, 6.45) is -3.38. The van der Waals surface area contributed by atoms with Crippen LogP contribution >= 0.6 is 23.1 Å². The van der Waals surface area contributed by atoms with Gasteiger partial charge in [-0.3, -0.25) is 18.7 Å². The third kappa shape index (κ3) is 4.59. The van der Waals surface area contributed by atoms with Gasteiger partial charge in [0, 0.05) is 19.2 Å². The first-order valence-corrected chi connectivity index (χ1v) is 12.1. The van der Waals surface area contributed by atoms with E-state index in [0.29, 0.717) is 5.69 Å². The molecule has 0 saturated heterocycles. The molecule has 3 aromatic heterocycles. The standard InChI is InChI=1S/C23H20F3N3O4S2/c1-11(2)9-29-20-15(19(31)28(4)22(29)32)17(35-21-27-12(3)10-33-21)18(34-20)16(30)13-7-5-6-8-14(13)23(24,25)26/h5-8,10-11H,9H2,1-4H3. The molecule has 35 heavy (non-hydrogen) atoms. The quantitative estimate of drug-likeness (QED) is 0.326. The van der Waals surface area contributed by atoms with Gasteiger partial charge >= 0.3 is 11.9 Å². The Morgan fingerprint density at radius 3 is 2.51 bits per heavy atom. The first-order chi connectivity index (χ1) is 16.4. The molecule has 1 aromatic carbocycles. The average Bonchev–Trinajstić information content (AvgIpc) is 3.37. The lowest BCUT2D eigenvalue weighted by Gasteiger charge is -2.11. The molecule has 0 atom stereocenters. The maximum atomic E-state index is 13.7. The Balaban J connectivity index is 2.06. The van der Waals surface area contributed by atoms with Crippen molar-refractivity contribution < 1.29 is 22.4 Å². The van der Waals surface area contributed by atoms with Gasteiger partial charge in [-0.05, 0) is 30.7 Å². The zero-order valence-corrected chi connectivity index (χ0v) is 20.7. The lowest BCUT2D eigenvalue weighted by atomic mass is 10.0. The Labute approximate surface area is 205 Å². The van der Waals surface area contributed by atoms with Crippen LogP contribution in [0.1, 0.15) is 40.3 Å². The van der Waals surface area contributed by atoms with Gasteiger partial charge in [-0.25, -0.2) is 9.78 Å². The highest BCUT2D eigenvalue weighted by atomic mass is 32.2. The molecule has 0 saturated carbocycles. The van der Waals surface area contributed by atoms with E-state index < -0.39 is 34.3 Å². The first-order valence-electron chi connectivity index (χ1n) is 10.5. The summed E-state index contributed by atoms with van der Waals surface area (Å²) in [7, 11) is 1.32. The Kier molecular flexibility index (Phi) is 6.54. The van der Waals surface area contributed by atoms with Crippen molar-refractivity contribution in [1.82, 2.24) is 14.1 Å². The number of nitrogens with zero attached hydrogens (tertiary/aromatic N) is 3. The molecule has 4 aromatic rings. The molecule has 0 amide bonds. The van der Waals surface area contributed by atoms with Crippen LogP contribution in [0.5, 0.6) is 0 Å². The van der Waals surface area contributed by atoms with Crippen LogP contribution in [-0.4, -0.2) is 19.9 Å². The van der Waals surface area contributed by atoms with Crippen molar-refractivity contribution >= 4 is 39.1 Å². The first kappa shape index (κ1) is 25.0. The lowest BCUT2D eigenvalue weighted by Crippen LogP contribution is -2.38. The summed E-state index contributed by atoms with van der Waals surface area (Å²) in [6, 6.07) is 4.47. The smallest absolute Gasteiger partial charge is 0.417 e. The van der Waals surface area contributed by atoms with Gasteiger partial charge in [-0.2, -0.15) is 13.2 Å². The molecular weight excluding hydrogens is 503 g/mol. The Morgan fingerprint density at radius 1 is 1.23 bits per heavy atom. The van der Waals surface area contributed by atoms with Crippen molar-refractivity contribution in [3.05, 3.63) is 73.1 Å². The maximum Gasteiger partial charge on any atom is 0.417 e. The van der Waals surface area contributed by atoms with Crippen molar-refractivity contribution in [3.63, 3.8) is 0 Å². The van der Waals surface area contributed by atoms with Crippen LogP contribution in [0.3, 0.4) is 0 Å². The zero-order chi connectivity index (χ0) is 25.7. The number of aryl methyl sites for hydroxylation is 1. The fourth-order valence-electron chi connectivity index (χ4n) is 3.60. The summed E-state index contributed by atoms with van der Waals surface area (Å²) < 4.78 is 48.7. The number of thiophene rings is 1. The number of oxazole rings is 1. The molecule has 0 fully saturated rings. The molecule has 0 radical (unpaired) electrons. The van der Waals surface area contributed by atoms with Gasteiger partial charge in [-0.15, -0.1) is 11.3 Å². The van der Waals surface area contributed by atoms with Crippen LogP contribution in [0.2, 0.25) is 0 Å². The van der Waals surface area contributed by atoms with Gasteiger partial charge in [-0.1, -0.05) is 32.0 Å². The molecule has 4 rings (SSSR count). The average molecular weight is 524 g/mol. The maximum absolute atomic E-state index is 13.7. The third-order valence-electron chi connectivity index (χ3n) is 5.15. The molecule has 3 heterocycles. The molecule has 184 valence electrons. The van der Waals surface area contributed by atoms with Crippen molar-refractivity contribution in [3.8, 4) is 0 Å². The molecule has 0 spiro atoms. The fourth-order valence-corrected chi connectivity index (χ4v) is 5.99. The van der Waals surface area contributed by atoms with E-state index in [1.165, 1.54) is 30.0 Å². The number of rotatable bonds is 6. The van der Waals surface area contributed by atoms with E-state index in [-0.39, 0.29) is 37.7 Å². The number of aromatic nitrogens is 3. The van der Waals surface area contributed by atoms with Crippen LogP contribution in [0, 0.1) is 12.8 Å². The number of benzene rings is 1. The summed E-state index contributed by atoms with van der Waals surface area (Å²) in [6.45, 7) is 5.70. The second-order valence-corrected chi connectivity index (χ2v) is 10.3. The molecular formula is C23H20F3N3O4S2. The molecule has 0 N–H and O–H groups in total. The second kappa shape index (κ2) is 9.15. The number of alkyl halides is 3. The highest BCUT2D eigenvalue weighted by molar-refractivity contribution is 7.99. The predicted octanol–water partition coefficient (Wildman–Crippen LogP) is 5.12. The number of carbonyl (C=O) groups is 1. The van der Waals surface area contributed by atoms with Crippen LogP contribution in [0.25, 0.3) is 10.2 Å². The van der Waals surface area contributed by atoms with Crippen LogP contribution in [-0.2, 0) is 19.8 Å². The minimum atomic E-state index is -4.76. The molecule has 0 aliphatic carbocycles. The van der Waals surface area contributed by atoms with Gasteiger partial charge in [0.15, 0.2) is 0 Å². The van der Waals surface area contributed by atoms with Crippen LogP contribution in [0.4, 0.5) is 13.2 Å². The molecule has 0 unspecified atom stereocenters. The summed E-state index contributed by atoms with van der Waals surface area (Å²) in [5, 5.41) is 0.176. The summed E-state index contributed by atoms with van der Waals surface area (Å²) >= 11 is 1.69. The Morgan fingerprint density at radius 2 is 1.91 bits per heavy atom.